The molecule has 0 aliphatic rings. The minimum atomic E-state index is -0.878. The van der Waals surface area contributed by atoms with Crippen LogP contribution in [0, 0.1) is 11.3 Å². The highest BCUT2D eigenvalue weighted by Gasteiger charge is 2.14. The topological polar surface area (TPSA) is 37.3 Å². The highest BCUT2D eigenvalue weighted by molar-refractivity contribution is 5.81. The molecular weight excluding hydrogens is 236 g/mol. The van der Waals surface area contributed by atoms with Gasteiger partial charge in [0.05, 0.1) is 0 Å². The van der Waals surface area contributed by atoms with Crippen molar-refractivity contribution in [3.05, 3.63) is 23.8 Å². The molecule has 0 saturated carbocycles. The number of carboxylic acid groups (broad SMARTS) is 1. The zero-order chi connectivity index (χ0) is 14.9. The van der Waals surface area contributed by atoms with Crippen molar-refractivity contribution in [2.24, 2.45) is 11.3 Å². The Balaban J connectivity index is 3.91. The first-order valence-electron chi connectivity index (χ1n) is 7.34. The quantitative estimate of drug-likeness (QED) is 0.459. The fourth-order valence-corrected chi connectivity index (χ4v) is 1.95. The van der Waals surface area contributed by atoms with E-state index in [-0.39, 0.29) is 0 Å². The fraction of sp³-hybridized carbons (Fsp3) is 0.706. The first kappa shape index (κ1) is 17.9. The molecule has 0 fully saturated rings. The highest BCUT2D eigenvalue weighted by Crippen LogP contribution is 2.28. The fourth-order valence-electron chi connectivity index (χ4n) is 1.95. The second-order valence-corrected chi connectivity index (χ2v) is 6.38. The lowest BCUT2D eigenvalue weighted by atomic mass is 9.83. The predicted molar refractivity (Wildman–Crippen MR) is 82.2 cm³/mol. The summed E-state index contributed by atoms with van der Waals surface area (Å²) in [4.78, 5) is 10.5. The summed E-state index contributed by atoms with van der Waals surface area (Å²) < 4.78 is 0. The lowest BCUT2D eigenvalue weighted by Crippen LogP contribution is -2.09. The first-order valence-corrected chi connectivity index (χ1v) is 7.34. The van der Waals surface area contributed by atoms with Crippen molar-refractivity contribution in [2.75, 3.05) is 0 Å². The average Bonchev–Trinajstić information content (AvgIpc) is 2.27. The molecule has 0 saturated heterocycles. The third kappa shape index (κ3) is 10.5. The molecule has 0 aliphatic carbocycles. The Labute approximate surface area is 118 Å². The Hall–Kier alpha value is -1.05. The van der Waals surface area contributed by atoms with Crippen molar-refractivity contribution in [3.63, 3.8) is 0 Å². The van der Waals surface area contributed by atoms with Crippen molar-refractivity contribution < 1.29 is 9.90 Å². The maximum Gasteiger partial charge on any atom is 0.328 e. The normalized spacial score (nSPS) is 14.9. The smallest absolute Gasteiger partial charge is 0.328 e. The van der Waals surface area contributed by atoms with E-state index < -0.39 is 5.97 Å². The van der Waals surface area contributed by atoms with Crippen LogP contribution in [0.25, 0.3) is 0 Å². The summed E-state index contributed by atoms with van der Waals surface area (Å²) in [6, 6.07) is 0. The van der Waals surface area contributed by atoms with Gasteiger partial charge in [-0.05, 0) is 36.7 Å². The van der Waals surface area contributed by atoms with Gasteiger partial charge in [0.2, 0.25) is 0 Å². The number of carbonyl (C=O) groups is 1. The Kier molecular flexibility index (Phi) is 8.46. The van der Waals surface area contributed by atoms with E-state index in [1.807, 2.05) is 13.0 Å². The molecule has 0 amide bonds. The van der Waals surface area contributed by atoms with Crippen LogP contribution in [0.5, 0.6) is 0 Å². The summed E-state index contributed by atoms with van der Waals surface area (Å²) in [5, 5.41) is 8.60. The van der Waals surface area contributed by atoms with E-state index >= 15 is 0 Å². The van der Waals surface area contributed by atoms with Gasteiger partial charge < -0.3 is 5.11 Å². The summed E-state index contributed by atoms with van der Waals surface area (Å²) in [6.07, 6.45) is 11.3. The molecule has 0 heterocycles. The van der Waals surface area contributed by atoms with E-state index in [0.717, 1.165) is 12.0 Å². The molecule has 110 valence electrons. The molecule has 0 aromatic rings. The minimum absolute atomic E-state index is 0.469. The van der Waals surface area contributed by atoms with E-state index in [0.29, 0.717) is 11.3 Å². The summed E-state index contributed by atoms with van der Waals surface area (Å²) in [5.41, 5.74) is 1.27. The van der Waals surface area contributed by atoms with Crippen LogP contribution in [0.15, 0.2) is 23.8 Å². The highest BCUT2D eigenvalue weighted by atomic mass is 16.4. The third-order valence-electron chi connectivity index (χ3n) is 3.78. The number of aliphatic carboxylic acids is 1. The number of hydrogen-bond donors (Lipinski definition) is 1. The molecular formula is C17H30O2. The van der Waals surface area contributed by atoms with E-state index in [4.69, 9.17) is 5.11 Å². The van der Waals surface area contributed by atoms with Crippen molar-refractivity contribution in [3.8, 4) is 0 Å². The van der Waals surface area contributed by atoms with Crippen molar-refractivity contribution >= 4 is 5.97 Å². The molecule has 0 radical (unpaired) electrons. The van der Waals surface area contributed by atoms with E-state index in [9.17, 15) is 4.79 Å². The molecule has 0 aliphatic heterocycles. The summed E-state index contributed by atoms with van der Waals surface area (Å²) in [6.45, 7) is 11.0. The molecule has 0 aromatic carbocycles. The van der Waals surface area contributed by atoms with Crippen LogP contribution in [0.3, 0.4) is 0 Å². The van der Waals surface area contributed by atoms with Crippen LogP contribution >= 0.6 is 0 Å². The lowest BCUT2D eigenvalue weighted by Gasteiger charge is -2.23. The van der Waals surface area contributed by atoms with E-state index in [1.54, 1.807) is 0 Å². The Morgan fingerprint density at radius 2 is 2.00 bits per heavy atom. The maximum absolute atomic E-state index is 10.5. The molecule has 0 rings (SSSR count). The van der Waals surface area contributed by atoms with Crippen LogP contribution in [0.1, 0.15) is 66.7 Å². The van der Waals surface area contributed by atoms with Gasteiger partial charge in [0.1, 0.15) is 0 Å². The monoisotopic (exact) mass is 266 g/mol. The lowest BCUT2D eigenvalue weighted by molar-refractivity contribution is -0.131. The molecule has 2 heteroatoms. The van der Waals surface area contributed by atoms with Gasteiger partial charge >= 0.3 is 5.97 Å². The summed E-state index contributed by atoms with van der Waals surface area (Å²) in [5.74, 6) is -0.210. The van der Waals surface area contributed by atoms with Crippen LogP contribution in [-0.2, 0) is 4.79 Å². The van der Waals surface area contributed by atoms with Crippen LogP contribution in [0.4, 0.5) is 0 Å². The van der Waals surface area contributed by atoms with Crippen LogP contribution in [0.2, 0.25) is 0 Å². The third-order valence-corrected chi connectivity index (χ3v) is 3.78. The number of hydrogen-bond acceptors (Lipinski definition) is 1. The van der Waals surface area contributed by atoms with Gasteiger partial charge in [0.15, 0.2) is 0 Å². The molecule has 0 bridgehead atoms. The number of allylic oxidation sites excluding steroid dienone is 3. The maximum atomic E-state index is 10.5. The molecule has 1 unspecified atom stereocenters. The number of carboxylic acids is 1. The Bertz CT molecular complexity index is 324. The number of rotatable bonds is 9. The second kappa shape index (κ2) is 8.95. The molecule has 2 nitrogen and oxygen atoms in total. The molecule has 0 aromatic heterocycles. The van der Waals surface area contributed by atoms with E-state index in [2.05, 4.69) is 33.8 Å². The van der Waals surface area contributed by atoms with Crippen molar-refractivity contribution in [1.82, 2.24) is 0 Å². The van der Waals surface area contributed by atoms with Crippen LogP contribution < -0.4 is 0 Å². The van der Waals surface area contributed by atoms with Crippen molar-refractivity contribution in [2.45, 2.75) is 66.7 Å². The first-order chi connectivity index (χ1) is 8.76. The molecule has 1 N–H and O–H groups in total. The Morgan fingerprint density at radius 1 is 1.37 bits per heavy atom. The van der Waals surface area contributed by atoms with E-state index in [1.165, 1.54) is 31.8 Å². The van der Waals surface area contributed by atoms with Gasteiger partial charge in [0.25, 0.3) is 0 Å². The average molecular weight is 266 g/mol. The summed E-state index contributed by atoms with van der Waals surface area (Å²) in [7, 11) is 0. The molecule has 19 heavy (non-hydrogen) atoms. The van der Waals surface area contributed by atoms with Gasteiger partial charge in [-0.1, -0.05) is 59.1 Å². The minimum Gasteiger partial charge on any atom is -0.478 e. The zero-order valence-electron chi connectivity index (χ0n) is 13.2. The van der Waals surface area contributed by atoms with Gasteiger partial charge in [0, 0.05) is 6.08 Å². The molecule has 0 spiro atoms. The summed E-state index contributed by atoms with van der Waals surface area (Å²) >= 11 is 0. The second-order valence-electron chi connectivity index (χ2n) is 6.38. The van der Waals surface area contributed by atoms with Gasteiger partial charge in [-0.3, -0.25) is 0 Å². The molecule has 1 atom stereocenters. The van der Waals surface area contributed by atoms with Gasteiger partial charge in [-0.15, -0.1) is 0 Å². The van der Waals surface area contributed by atoms with Gasteiger partial charge in [-0.25, -0.2) is 4.79 Å². The Morgan fingerprint density at radius 3 is 2.53 bits per heavy atom. The predicted octanol–water partition coefficient (Wildman–Crippen LogP) is 5.21. The SMILES string of the molecule is CCC(C)(C)CCCC(C)C/C=C/C(C)=C/C(=O)O. The standard InChI is InChI=1S/C17H30O2/c1-6-17(4,5)12-8-11-14(2)9-7-10-15(3)13-16(18)19/h7,10,13-14H,6,8-9,11-12H2,1-5H3,(H,18,19)/b10-7+,15-13+. The van der Waals surface area contributed by atoms with Crippen LogP contribution in [-0.4, -0.2) is 11.1 Å². The van der Waals surface area contributed by atoms with Gasteiger partial charge in [-0.2, -0.15) is 0 Å². The largest absolute Gasteiger partial charge is 0.478 e. The zero-order valence-corrected chi connectivity index (χ0v) is 13.2. The van der Waals surface area contributed by atoms with Crippen molar-refractivity contribution in [1.29, 1.82) is 0 Å².